The van der Waals surface area contributed by atoms with E-state index >= 15 is 0 Å². The molecule has 1 rings (SSSR count). The lowest BCUT2D eigenvalue weighted by Crippen LogP contribution is -2.32. The topological polar surface area (TPSA) is 84.9 Å². The van der Waals surface area contributed by atoms with E-state index < -0.39 is 6.10 Å². The molecule has 7 nitrogen and oxygen atoms in total. The minimum absolute atomic E-state index is 0.0861. The largest absolute Gasteiger partial charge is 0.496 e. The molecule has 0 radical (unpaired) electrons. The van der Waals surface area contributed by atoms with Crippen LogP contribution in [-0.2, 0) is 16.0 Å². The van der Waals surface area contributed by atoms with E-state index in [0.717, 1.165) is 0 Å². The normalized spacial score (nSPS) is 11.8. The number of rotatable bonds is 10. The van der Waals surface area contributed by atoms with Gasteiger partial charge in [-0.3, -0.25) is 4.79 Å². The smallest absolute Gasteiger partial charge is 0.303 e. The summed E-state index contributed by atoms with van der Waals surface area (Å²) in [7, 11) is 1.54. The highest BCUT2D eigenvalue weighted by Crippen LogP contribution is 2.21. The van der Waals surface area contributed by atoms with Crippen LogP contribution in [0.25, 0.3) is 5.08 Å². The molecular formula is C16H24N3O4+. The molecule has 0 fully saturated rings. The van der Waals surface area contributed by atoms with Gasteiger partial charge in [0.25, 0.3) is 5.39 Å². The Labute approximate surface area is 136 Å². The summed E-state index contributed by atoms with van der Waals surface area (Å²) >= 11 is 0. The molecule has 0 aliphatic heterocycles. The van der Waals surface area contributed by atoms with E-state index in [9.17, 15) is 4.79 Å². The fraction of sp³-hybridized carbons (Fsp3) is 0.562. The van der Waals surface area contributed by atoms with Crippen molar-refractivity contribution in [2.75, 3.05) is 20.3 Å². The third-order valence-corrected chi connectivity index (χ3v) is 3.11. The van der Waals surface area contributed by atoms with Gasteiger partial charge < -0.3 is 14.2 Å². The molecule has 0 amide bonds. The number of benzene rings is 1. The molecule has 7 heteroatoms. The van der Waals surface area contributed by atoms with Gasteiger partial charge in [0.1, 0.15) is 18.4 Å². The van der Waals surface area contributed by atoms with Crippen molar-refractivity contribution in [3.8, 4) is 5.75 Å². The maximum absolute atomic E-state index is 12.7. The maximum atomic E-state index is 12.7. The van der Waals surface area contributed by atoms with Crippen molar-refractivity contribution in [2.45, 2.75) is 39.5 Å². The van der Waals surface area contributed by atoms with Gasteiger partial charge in [0.2, 0.25) is 0 Å². The SMILES string of the molecule is CCOCC(OC(C)C)C(=O)c1ccc(OC)c(CN[N+]#N)c1. The minimum Gasteiger partial charge on any atom is -0.496 e. The van der Waals surface area contributed by atoms with Gasteiger partial charge >= 0.3 is 5.08 Å². The predicted molar refractivity (Wildman–Crippen MR) is 85.8 cm³/mol. The minimum atomic E-state index is -0.660. The second-order valence-corrected chi connectivity index (χ2v) is 5.16. The number of carbonyl (C=O) groups excluding carboxylic acids is 1. The summed E-state index contributed by atoms with van der Waals surface area (Å²) in [6, 6.07) is 5.08. The van der Waals surface area contributed by atoms with Gasteiger partial charge in [0.15, 0.2) is 5.78 Å². The van der Waals surface area contributed by atoms with E-state index in [-0.39, 0.29) is 25.0 Å². The lowest BCUT2D eigenvalue weighted by Gasteiger charge is -2.19. The molecule has 1 aromatic rings. The Hall–Kier alpha value is -2.17. The molecule has 23 heavy (non-hydrogen) atoms. The van der Waals surface area contributed by atoms with Gasteiger partial charge in [-0.25, -0.2) is 0 Å². The van der Waals surface area contributed by atoms with Crippen LogP contribution in [0, 0.1) is 5.39 Å². The average molecular weight is 322 g/mol. The fourth-order valence-electron chi connectivity index (χ4n) is 2.11. The van der Waals surface area contributed by atoms with E-state index in [1.165, 1.54) is 7.11 Å². The highest BCUT2D eigenvalue weighted by Gasteiger charge is 2.23. The number of methoxy groups -OCH3 is 1. The first-order valence-electron chi connectivity index (χ1n) is 7.54. The van der Waals surface area contributed by atoms with E-state index in [2.05, 4.69) is 10.5 Å². The Morgan fingerprint density at radius 1 is 1.39 bits per heavy atom. The molecule has 0 bridgehead atoms. The van der Waals surface area contributed by atoms with Gasteiger partial charge in [-0.2, -0.15) is 0 Å². The van der Waals surface area contributed by atoms with E-state index in [1.54, 1.807) is 18.2 Å². The third kappa shape index (κ3) is 5.85. The van der Waals surface area contributed by atoms with Crippen LogP contribution >= 0.6 is 0 Å². The Balaban J connectivity index is 3.01. The summed E-state index contributed by atoms with van der Waals surface area (Å²) < 4.78 is 16.3. The van der Waals surface area contributed by atoms with Gasteiger partial charge in [0.05, 0.1) is 19.8 Å². The number of diazo groups is 1. The lowest BCUT2D eigenvalue weighted by atomic mass is 10.0. The standard InChI is InChI=1S/C16H24N3O4/c1-5-22-10-15(23-11(2)3)16(20)12-6-7-14(21-4)13(8-12)9-18-19-17/h6-8,11,15,18H,5,9-10H2,1-4H3/q+1. The zero-order chi connectivity index (χ0) is 17.2. The zero-order valence-corrected chi connectivity index (χ0v) is 14.0. The van der Waals surface area contributed by atoms with Crippen LogP contribution in [-0.4, -0.2) is 38.3 Å². The number of carbonyl (C=O) groups is 1. The van der Waals surface area contributed by atoms with Crippen LogP contribution < -0.4 is 10.2 Å². The molecule has 0 aliphatic carbocycles. The Morgan fingerprint density at radius 2 is 2.13 bits per heavy atom. The van der Waals surface area contributed by atoms with Crippen molar-refractivity contribution in [3.63, 3.8) is 0 Å². The van der Waals surface area contributed by atoms with Crippen LogP contribution in [0.3, 0.4) is 0 Å². The number of ether oxygens (including phenoxy) is 3. The molecule has 1 N–H and O–H groups in total. The van der Waals surface area contributed by atoms with Crippen molar-refractivity contribution in [3.05, 3.63) is 34.4 Å². The molecule has 0 saturated carbocycles. The third-order valence-electron chi connectivity index (χ3n) is 3.11. The van der Waals surface area contributed by atoms with Crippen molar-refractivity contribution in [1.29, 1.82) is 5.39 Å². The summed E-state index contributed by atoms with van der Waals surface area (Å²) in [6.07, 6.45) is -0.747. The van der Waals surface area contributed by atoms with Gasteiger partial charge in [-0.1, -0.05) is 0 Å². The number of nitrogens with zero attached hydrogens (tertiary/aromatic N) is 2. The van der Waals surface area contributed by atoms with Crippen LogP contribution in [0.1, 0.15) is 36.7 Å². The van der Waals surface area contributed by atoms with Gasteiger partial charge in [-0.15, -0.1) is 0 Å². The highest BCUT2D eigenvalue weighted by atomic mass is 16.5. The lowest BCUT2D eigenvalue weighted by molar-refractivity contribution is -0.0285. The Morgan fingerprint density at radius 3 is 2.70 bits per heavy atom. The number of Topliss-reactive ketones (excluding diaryl/α,β-unsaturated/α-hetero) is 1. The predicted octanol–water partition coefficient (Wildman–Crippen LogP) is 2.57. The first-order chi connectivity index (χ1) is 11.0. The number of hydrogen-bond donors (Lipinski definition) is 1. The van der Waals surface area contributed by atoms with Crippen molar-refractivity contribution < 1.29 is 19.0 Å². The van der Waals surface area contributed by atoms with Crippen molar-refractivity contribution in [1.82, 2.24) is 5.43 Å². The van der Waals surface area contributed by atoms with Crippen molar-refractivity contribution >= 4 is 5.78 Å². The quantitative estimate of drug-likeness (QED) is 0.405. The zero-order valence-electron chi connectivity index (χ0n) is 14.0. The molecule has 1 atom stereocenters. The van der Waals surface area contributed by atoms with E-state index in [0.29, 0.717) is 23.5 Å². The maximum Gasteiger partial charge on any atom is 0.303 e. The number of hydrogen-bond acceptors (Lipinski definition) is 6. The average Bonchev–Trinajstić information content (AvgIpc) is 2.55. The number of ketones is 1. The molecule has 1 unspecified atom stereocenters. The molecule has 126 valence electrons. The fourth-order valence-corrected chi connectivity index (χ4v) is 2.11. The Kier molecular flexibility index (Phi) is 8.02. The van der Waals surface area contributed by atoms with Crippen molar-refractivity contribution in [2.24, 2.45) is 0 Å². The summed E-state index contributed by atoms with van der Waals surface area (Å²) in [5.74, 6) is 0.445. The van der Waals surface area contributed by atoms with E-state index in [1.807, 2.05) is 20.8 Å². The van der Waals surface area contributed by atoms with Gasteiger partial charge in [0, 0.05) is 17.7 Å². The summed E-state index contributed by atoms with van der Waals surface area (Å²) in [5, 5.41) is 11.4. The number of nitrogens with one attached hydrogen (secondary N) is 1. The highest BCUT2D eigenvalue weighted by molar-refractivity contribution is 6.00. The molecule has 0 aliphatic rings. The van der Waals surface area contributed by atoms with Crippen LogP contribution in [0.5, 0.6) is 5.75 Å². The first-order valence-corrected chi connectivity index (χ1v) is 7.54. The molecule has 0 heterocycles. The molecule has 0 saturated heterocycles. The molecular weight excluding hydrogens is 298 g/mol. The first kappa shape index (κ1) is 18.9. The van der Waals surface area contributed by atoms with Crippen LogP contribution in [0.15, 0.2) is 18.2 Å². The summed E-state index contributed by atoms with van der Waals surface area (Å²) in [5.41, 5.74) is 3.63. The monoisotopic (exact) mass is 322 g/mol. The second kappa shape index (κ2) is 9.77. The second-order valence-electron chi connectivity index (χ2n) is 5.16. The van der Waals surface area contributed by atoms with E-state index in [4.69, 9.17) is 19.6 Å². The van der Waals surface area contributed by atoms with Crippen LogP contribution in [0.2, 0.25) is 0 Å². The molecule has 0 aromatic heterocycles. The molecule has 1 aromatic carbocycles. The summed E-state index contributed by atoms with van der Waals surface area (Å²) in [6.45, 7) is 6.57. The summed E-state index contributed by atoms with van der Waals surface area (Å²) in [4.78, 5) is 12.7. The molecule has 0 spiro atoms. The Bertz CT molecular complexity index is 555. The van der Waals surface area contributed by atoms with Crippen LogP contribution in [0.4, 0.5) is 0 Å². The van der Waals surface area contributed by atoms with Gasteiger partial charge in [-0.05, 0) is 44.4 Å².